The Labute approximate surface area is 94.4 Å². The lowest BCUT2D eigenvalue weighted by molar-refractivity contribution is 0.100. The highest BCUT2D eigenvalue weighted by molar-refractivity contribution is 6.30. The molecule has 0 aliphatic carbocycles. The highest BCUT2D eigenvalue weighted by Crippen LogP contribution is 2.15. The van der Waals surface area contributed by atoms with Crippen molar-refractivity contribution in [1.82, 2.24) is 4.90 Å². The van der Waals surface area contributed by atoms with Gasteiger partial charge in [0.05, 0.1) is 6.34 Å². The van der Waals surface area contributed by atoms with E-state index in [1.165, 1.54) is 6.34 Å². The van der Waals surface area contributed by atoms with Gasteiger partial charge in [0.25, 0.3) is 5.91 Å². The number of benzene rings is 1. The minimum absolute atomic E-state index is 0.252. The topological polar surface area (TPSA) is 32.7 Å². The van der Waals surface area contributed by atoms with Gasteiger partial charge in [0, 0.05) is 24.7 Å². The first-order valence-electron chi connectivity index (χ1n) is 4.52. The van der Waals surface area contributed by atoms with E-state index in [2.05, 4.69) is 4.99 Å². The van der Waals surface area contributed by atoms with Crippen LogP contribution in [0.1, 0.15) is 15.9 Å². The molecule has 0 spiro atoms. The van der Waals surface area contributed by atoms with Crippen LogP contribution in [0.5, 0.6) is 0 Å². The van der Waals surface area contributed by atoms with Crippen molar-refractivity contribution in [3.8, 4) is 0 Å². The number of hydrogen-bond acceptors (Lipinski definition) is 1. The molecule has 0 bridgehead atoms. The molecule has 1 rings (SSSR count). The zero-order valence-corrected chi connectivity index (χ0v) is 9.75. The first-order chi connectivity index (χ1) is 7.00. The van der Waals surface area contributed by atoms with Crippen molar-refractivity contribution in [1.29, 1.82) is 0 Å². The molecule has 4 heteroatoms. The van der Waals surface area contributed by atoms with Crippen LogP contribution in [-0.4, -0.2) is 31.2 Å². The Kier molecular flexibility index (Phi) is 3.86. The van der Waals surface area contributed by atoms with Crippen molar-refractivity contribution in [3.63, 3.8) is 0 Å². The molecule has 0 unspecified atom stereocenters. The number of halogens is 1. The summed E-state index contributed by atoms with van der Waals surface area (Å²) in [5.74, 6) is -0.252. The van der Waals surface area contributed by atoms with Gasteiger partial charge in [-0.2, -0.15) is 4.99 Å². The molecule has 0 N–H and O–H groups in total. The van der Waals surface area contributed by atoms with E-state index in [1.807, 2.05) is 21.0 Å². The fraction of sp³-hybridized carbons (Fsp3) is 0.273. The Morgan fingerprint density at radius 1 is 1.47 bits per heavy atom. The summed E-state index contributed by atoms with van der Waals surface area (Å²) in [6, 6.07) is 5.12. The summed E-state index contributed by atoms with van der Waals surface area (Å²) < 4.78 is 0. The lowest BCUT2D eigenvalue weighted by atomic mass is 10.1. The third-order valence-corrected chi connectivity index (χ3v) is 2.06. The van der Waals surface area contributed by atoms with Gasteiger partial charge >= 0.3 is 0 Å². The van der Waals surface area contributed by atoms with E-state index in [4.69, 9.17) is 11.6 Å². The molecule has 0 heterocycles. The average molecular weight is 225 g/mol. The number of carbonyl (C=O) groups is 1. The standard InChI is InChI=1S/C11H13ClN2O/c1-8-6-9(12)4-5-10(8)11(15)13-7-14(2)3/h4-7H,1-3H3/b13-7-. The maximum atomic E-state index is 11.6. The van der Waals surface area contributed by atoms with Crippen molar-refractivity contribution in [2.75, 3.05) is 14.1 Å². The van der Waals surface area contributed by atoms with Crippen LogP contribution in [0, 0.1) is 6.92 Å². The summed E-state index contributed by atoms with van der Waals surface area (Å²) in [4.78, 5) is 17.1. The first kappa shape index (κ1) is 11.7. The Morgan fingerprint density at radius 2 is 2.13 bits per heavy atom. The molecule has 15 heavy (non-hydrogen) atoms. The van der Waals surface area contributed by atoms with Gasteiger partial charge in [-0.1, -0.05) is 11.6 Å². The van der Waals surface area contributed by atoms with E-state index < -0.39 is 0 Å². The highest BCUT2D eigenvalue weighted by atomic mass is 35.5. The molecule has 1 amide bonds. The lowest BCUT2D eigenvalue weighted by Gasteiger charge is -2.04. The maximum absolute atomic E-state index is 11.6. The van der Waals surface area contributed by atoms with Crippen molar-refractivity contribution in [2.45, 2.75) is 6.92 Å². The molecular weight excluding hydrogens is 212 g/mol. The summed E-state index contributed by atoms with van der Waals surface area (Å²) in [5.41, 5.74) is 1.42. The molecule has 0 saturated carbocycles. The molecule has 1 aromatic rings. The zero-order valence-electron chi connectivity index (χ0n) is 8.99. The number of aryl methyl sites for hydroxylation is 1. The Hall–Kier alpha value is -1.35. The summed E-state index contributed by atoms with van der Waals surface area (Å²) in [6.45, 7) is 1.84. The van der Waals surface area contributed by atoms with E-state index in [9.17, 15) is 4.79 Å². The van der Waals surface area contributed by atoms with E-state index in [-0.39, 0.29) is 5.91 Å². The first-order valence-corrected chi connectivity index (χ1v) is 4.89. The fourth-order valence-electron chi connectivity index (χ4n) is 1.10. The van der Waals surface area contributed by atoms with Gasteiger partial charge in [-0.05, 0) is 30.7 Å². The second kappa shape index (κ2) is 4.94. The number of aliphatic imine (C=N–C) groups is 1. The second-order valence-electron chi connectivity index (χ2n) is 3.47. The van der Waals surface area contributed by atoms with Crippen molar-refractivity contribution >= 4 is 23.8 Å². The molecule has 0 atom stereocenters. The van der Waals surface area contributed by atoms with Crippen LogP contribution in [0.2, 0.25) is 5.02 Å². The zero-order chi connectivity index (χ0) is 11.4. The minimum atomic E-state index is -0.252. The van der Waals surface area contributed by atoms with Gasteiger partial charge in [-0.25, -0.2) is 0 Å². The molecule has 3 nitrogen and oxygen atoms in total. The summed E-state index contributed by atoms with van der Waals surface area (Å²) in [6.07, 6.45) is 1.48. The summed E-state index contributed by atoms with van der Waals surface area (Å²) in [7, 11) is 3.62. The van der Waals surface area contributed by atoms with Gasteiger partial charge in [0.15, 0.2) is 0 Å². The third-order valence-electron chi connectivity index (χ3n) is 1.82. The SMILES string of the molecule is Cc1cc(Cl)ccc1C(=O)/N=C\N(C)C. The summed E-state index contributed by atoms with van der Waals surface area (Å²) in [5, 5.41) is 0.626. The Balaban J connectivity index is 2.92. The van der Waals surface area contributed by atoms with Crippen LogP contribution in [0.4, 0.5) is 0 Å². The van der Waals surface area contributed by atoms with Crippen LogP contribution in [0.3, 0.4) is 0 Å². The molecular formula is C11H13ClN2O. The van der Waals surface area contributed by atoms with Crippen LogP contribution >= 0.6 is 11.6 Å². The molecule has 80 valence electrons. The number of carbonyl (C=O) groups excluding carboxylic acids is 1. The largest absolute Gasteiger partial charge is 0.369 e. The number of nitrogens with zero attached hydrogens (tertiary/aromatic N) is 2. The molecule has 0 aliphatic rings. The second-order valence-corrected chi connectivity index (χ2v) is 3.91. The summed E-state index contributed by atoms with van der Waals surface area (Å²) >= 11 is 5.79. The Morgan fingerprint density at radius 3 is 2.67 bits per heavy atom. The molecule has 0 fully saturated rings. The number of rotatable bonds is 2. The van der Waals surface area contributed by atoms with E-state index in [0.29, 0.717) is 10.6 Å². The third kappa shape index (κ3) is 3.36. The van der Waals surface area contributed by atoms with Gasteiger partial charge in [-0.15, -0.1) is 0 Å². The molecule has 0 aromatic heterocycles. The van der Waals surface area contributed by atoms with E-state index in [1.54, 1.807) is 23.1 Å². The predicted molar refractivity (Wildman–Crippen MR) is 62.7 cm³/mol. The van der Waals surface area contributed by atoms with E-state index in [0.717, 1.165) is 5.56 Å². The monoisotopic (exact) mass is 224 g/mol. The van der Waals surface area contributed by atoms with Crippen LogP contribution in [-0.2, 0) is 0 Å². The molecule has 0 saturated heterocycles. The van der Waals surface area contributed by atoms with Crippen LogP contribution in [0.15, 0.2) is 23.2 Å². The normalized spacial score (nSPS) is 10.7. The Bertz CT molecular complexity index is 400. The lowest BCUT2D eigenvalue weighted by Crippen LogP contribution is -2.10. The van der Waals surface area contributed by atoms with Gasteiger partial charge < -0.3 is 4.90 Å². The minimum Gasteiger partial charge on any atom is -0.369 e. The quantitative estimate of drug-likeness (QED) is 0.571. The fourth-order valence-corrected chi connectivity index (χ4v) is 1.33. The van der Waals surface area contributed by atoms with Gasteiger partial charge in [-0.3, -0.25) is 4.79 Å². The van der Waals surface area contributed by atoms with Crippen molar-refractivity contribution < 1.29 is 4.79 Å². The number of amides is 1. The molecule has 0 aliphatic heterocycles. The van der Waals surface area contributed by atoms with Crippen LogP contribution in [0.25, 0.3) is 0 Å². The maximum Gasteiger partial charge on any atom is 0.278 e. The van der Waals surface area contributed by atoms with Crippen molar-refractivity contribution in [3.05, 3.63) is 34.3 Å². The van der Waals surface area contributed by atoms with Gasteiger partial charge in [0.2, 0.25) is 0 Å². The highest BCUT2D eigenvalue weighted by Gasteiger charge is 2.06. The van der Waals surface area contributed by atoms with Gasteiger partial charge in [0.1, 0.15) is 0 Å². The molecule has 1 aromatic carbocycles. The molecule has 0 radical (unpaired) electrons. The van der Waals surface area contributed by atoms with E-state index >= 15 is 0 Å². The smallest absolute Gasteiger partial charge is 0.278 e. The van der Waals surface area contributed by atoms with Crippen LogP contribution < -0.4 is 0 Å². The number of hydrogen-bond donors (Lipinski definition) is 0. The average Bonchev–Trinajstić information content (AvgIpc) is 2.14. The predicted octanol–water partition coefficient (Wildman–Crippen LogP) is 2.38. The van der Waals surface area contributed by atoms with Crippen molar-refractivity contribution in [2.24, 2.45) is 4.99 Å².